The number of ether oxygens (including phenoxy) is 1. The molecule has 3 aromatic rings. The third-order valence-electron chi connectivity index (χ3n) is 6.29. The van der Waals surface area contributed by atoms with Gasteiger partial charge in [-0.05, 0) is 74.1 Å². The molecule has 182 valence electrons. The van der Waals surface area contributed by atoms with Crippen molar-refractivity contribution in [2.45, 2.75) is 51.8 Å². The zero-order valence-electron chi connectivity index (χ0n) is 19.8. The number of halogens is 1. The standard InChI is InChI=1S/C27H28FN3O4/c1-16(2)29-26(32)23-14-35-24(30-23)15-34-21-9-8-17-10-11-31(27(33)18-6-7-18)25(22(17)13-21)19-4-3-5-20(28)12-19/h3-5,8-9,12-14,16,18,25H,6-7,10-11,15H2,1-2H3,(H,29,32)/t25-/m1/s1. The maximum atomic E-state index is 14.1. The smallest absolute Gasteiger partial charge is 0.273 e. The zero-order chi connectivity index (χ0) is 24.5. The molecule has 0 saturated heterocycles. The molecule has 2 aliphatic rings. The van der Waals surface area contributed by atoms with Crippen molar-refractivity contribution in [2.24, 2.45) is 5.92 Å². The Bertz CT molecular complexity index is 1250. The van der Waals surface area contributed by atoms with Crippen molar-refractivity contribution in [1.82, 2.24) is 15.2 Å². The van der Waals surface area contributed by atoms with Crippen LogP contribution in [0, 0.1) is 11.7 Å². The van der Waals surface area contributed by atoms with E-state index in [0.717, 1.165) is 36.0 Å². The van der Waals surface area contributed by atoms with Crippen molar-refractivity contribution in [3.05, 3.63) is 82.8 Å². The van der Waals surface area contributed by atoms with Crippen LogP contribution < -0.4 is 10.1 Å². The lowest BCUT2D eigenvalue weighted by molar-refractivity contribution is -0.134. The summed E-state index contributed by atoms with van der Waals surface area (Å²) < 4.78 is 25.5. The van der Waals surface area contributed by atoms with Crippen LogP contribution >= 0.6 is 0 Å². The van der Waals surface area contributed by atoms with Gasteiger partial charge in [0.15, 0.2) is 12.3 Å². The molecule has 8 heteroatoms. The summed E-state index contributed by atoms with van der Waals surface area (Å²) in [6.07, 6.45) is 3.86. The maximum absolute atomic E-state index is 14.1. The summed E-state index contributed by atoms with van der Waals surface area (Å²) in [6, 6.07) is 11.8. The third-order valence-corrected chi connectivity index (χ3v) is 6.29. The first-order chi connectivity index (χ1) is 16.9. The van der Waals surface area contributed by atoms with Crippen LogP contribution in [0.1, 0.15) is 65.8 Å². The quantitative estimate of drug-likeness (QED) is 0.545. The van der Waals surface area contributed by atoms with Crippen LogP contribution in [-0.4, -0.2) is 34.3 Å². The molecule has 2 aromatic carbocycles. The lowest BCUT2D eigenvalue weighted by Crippen LogP contribution is -2.41. The van der Waals surface area contributed by atoms with Crippen molar-refractivity contribution >= 4 is 11.8 Å². The molecule has 5 rings (SSSR count). The predicted octanol–water partition coefficient (Wildman–Crippen LogP) is 4.42. The maximum Gasteiger partial charge on any atom is 0.273 e. The number of amides is 2. The largest absolute Gasteiger partial charge is 0.484 e. The molecule has 0 spiro atoms. The van der Waals surface area contributed by atoms with Gasteiger partial charge in [0, 0.05) is 18.5 Å². The summed E-state index contributed by atoms with van der Waals surface area (Å²) in [5, 5.41) is 2.77. The van der Waals surface area contributed by atoms with Crippen molar-refractivity contribution in [2.75, 3.05) is 6.54 Å². The van der Waals surface area contributed by atoms with Crippen LogP contribution in [0.3, 0.4) is 0 Å². The summed E-state index contributed by atoms with van der Waals surface area (Å²) in [5.41, 5.74) is 2.97. The first-order valence-electron chi connectivity index (χ1n) is 12.0. The van der Waals surface area contributed by atoms with Gasteiger partial charge in [-0.15, -0.1) is 0 Å². The van der Waals surface area contributed by atoms with Gasteiger partial charge in [0.2, 0.25) is 11.8 Å². The number of aromatic nitrogens is 1. The first kappa shape index (κ1) is 23.1. The number of carbonyl (C=O) groups is 2. The number of carbonyl (C=O) groups excluding carboxylic acids is 2. The number of fused-ring (bicyclic) bond motifs is 1. The van der Waals surface area contributed by atoms with Crippen LogP contribution in [-0.2, 0) is 17.8 Å². The van der Waals surface area contributed by atoms with Crippen LogP contribution in [0.25, 0.3) is 0 Å². The molecule has 1 N–H and O–H groups in total. The molecule has 2 heterocycles. The fourth-order valence-corrected chi connectivity index (χ4v) is 4.48. The van der Waals surface area contributed by atoms with Gasteiger partial charge in [0.1, 0.15) is 17.8 Å². The number of rotatable bonds is 7. The van der Waals surface area contributed by atoms with E-state index in [9.17, 15) is 14.0 Å². The Morgan fingerprint density at radius 2 is 2.06 bits per heavy atom. The topological polar surface area (TPSA) is 84.7 Å². The highest BCUT2D eigenvalue weighted by Gasteiger charge is 2.39. The second kappa shape index (κ2) is 9.52. The highest BCUT2D eigenvalue weighted by molar-refractivity contribution is 5.92. The Kier molecular flexibility index (Phi) is 6.28. The van der Waals surface area contributed by atoms with Gasteiger partial charge in [-0.25, -0.2) is 9.37 Å². The van der Waals surface area contributed by atoms with E-state index in [1.54, 1.807) is 6.07 Å². The van der Waals surface area contributed by atoms with Crippen molar-refractivity contribution in [3.63, 3.8) is 0 Å². The summed E-state index contributed by atoms with van der Waals surface area (Å²) in [7, 11) is 0. The van der Waals surface area contributed by atoms with Crippen molar-refractivity contribution in [3.8, 4) is 5.75 Å². The molecule has 1 aliphatic carbocycles. The molecule has 1 atom stereocenters. The molecule has 0 radical (unpaired) electrons. The molecule has 1 aliphatic heterocycles. The molecular formula is C27H28FN3O4. The van der Waals surface area contributed by atoms with Crippen molar-refractivity contribution < 1.29 is 23.1 Å². The molecule has 1 fully saturated rings. The van der Waals surface area contributed by atoms with Gasteiger partial charge in [-0.3, -0.25) is 9.59 Å². The van der Waals surface area contributed by atoms with Gasteiger partial charge >= 0.3 is 0 Å². The first-order valence-corrected chi connectivity index (χ1v) is 12.0. The Labute approximate surface area is 203 Å². The second-order valence-corrected chi connectivity index (χ2v) is 9.42. The normalized spacial score (nSPS) is 17.3. The number of oxazole rings is 1. The Hall–Kier alpha value is -3.68. The predicted molar refractivity (Wildman–Crippen MR) is 126 cm³/mol. The van der Waals surface area contributed by atoms with Gasteiger partial charge in [-0.1, -0.05) is 18.2 Å². The van der Waals surface area contributed by atoms with Gasteiger partial charge < -0.3 is 19.4 Å². The molecule has 0 unspecified atom stereocenters. The number of nitrogens with zero attached hydrogens (tertiary/aromatic N) is 2. The number of benzene rings is 2. The summed E-state index contributed by atoms with van der Waals surface area (Å²) in [6.45, 7) is 4.38. The number of hydrogen-bond donors (Lipinski definition) is 1. The minimum atomic E-state index is -0.376. The molecule has 0 bridgehead atoms. The van der Waals surface area contributed by atoms with Crippen LogP contribution in [0.4, 0.5) is 4.39 Å². The van der Waals surface area contributed by atoms with E-state index in [4.69, 9.17) is 9.15 Å². The van der Waals surface area contributed by atoms with E-state index in [-0.39, 0.29) is 53.8 Å². The van der Waals surface area contributed by atoms with E-state index in [1.165, 1.54) is 18.4 Å². The summed E-state index contributed by atoms with van der Waals surface area (Å²) >= 11 is 0. The Morgan fingerprint density at radius 3 is 2.80 bits per heavy atom. The van der Waals surface area contributed by atoms with E-state index in [0.29, 0.717) is 12.3 Å². The minimum absolute atomic E-state index is 0.00760. The highest BCUT2D eigenvalue weighted by atomic mass is 19.1. The van der Waals surface area contributed by atoms with Gasteiger partial charge in [-0.2, -0.15) is 0 Å². The fourth-order valence-electron chi connectivity index (χ4n) is 4.48. The SMILES string of the molecule is CC(C)NC(=O)c1coc(COc2ccc3c(c2)[C@@H](c2cccc(F)c2)N(C(=O)C2CC2)CC3)n1. The summed E-state index contributed by atoms with van der Waals surface area (Å²) in [5.74, 6) is 0.424. The third kappa shape index (κ3) is 5.06. The van der Waals surface area contributed by atoms with E-state index < -0.39 is 0 Å². The zero-order valence-corrected chi connectivity index (χ0v) is 19.8. The van der Waals surface area contributed by atoms with Crippen LogP contribution in [0.2, 0.25) is 0 Å². The fraction of sp³-hybridized carbons (Fsp3) is 0.370. The molecular weight excluding hydrogens is 449 g/mol. The van der Waals surface area contributed by atoms with Gasteiger partial charge in [0.05, 0.1) is 6.04 Å². The molecule has 35 heavy (non-hydrogen) atoms. The Balaban J connectivity index is 1.39. The average molecular weight is 478 g/mol. The molecule has 7 nitrogen and oxygen atoms in total. The van der Waals surface area contributed by atoms with Crippen LogP contribution in [0.15, 0.2) is 53.1 Å². The van der Waals surface area contributed by atoms with Gasteiger partial charge in [0.25, 0.3) is 5.91 Å². The van der Waals surface area contributed by atoms with Crippen molar-refractivity contribution in [1.29, 1.82) is 0 Å². The number of nitrogens with one attached hydrogen (secondary N) is 1. The number of hydrogen-bond acceptors (Lipinski definition) is 5. The second-order valence-electron chi connectivity index (χ2n) is 9.42. The monoisotopic (exact) mass is 477 g/mol. The minimum Gasteiger partial charge on any atom is -0.484 e. The van der Waals surface area contributed by atoms with E-state index in [1.807, 2.05) is 43.0 Å². The highest BCUT2D eigenvalue weighted by Crippen LogP contribution is 2.41. The summed E-state index contributed by atoms with van der Waals surface area (Å²) in [4.78, 5) is 31.3. The molecule has 1 aromatic heterocycles. The molecule has 2 amide bonds. The van der Waals surface area contributed by atoms with E-state index >= 15 is 0 Å². The van der Waals surface area contributed by atoms with Crippen LogP contribution in [0.5, 0.6) is 5.75 Å². The van der Waals surface area contributed by atoms with E-state index in [2.05, 4.69) is 10.3 Å². The lowest BCUT2D eigenvalue weighted by atomic mass is 9.87. The average Bonchev–Trinajstić information content (AvgIpc) is 3.58. The Morgan fingerprint density at radius 1 is 1.23 bits per heavy atom. The molecule has 1 saturated carbocycles. The lowest BCUT2D eigenvalue weighted by Gasteiger charge is -2.38.